The molecule has 4 heterocycles. The van der Waals surface area contributed by atoms with Gasteiger partial charge in [0, 0.05) is 36.5 Å². The Labute approximate surface area is 191 Å². The van der Waals surface area contributed by atoms with Gasteiger partial charge >= 0.3 is 0 Å². The zero-order chi connectivity index (χ0) is 22.9. The van der Waals surface area contributed by atoms with Gasteiger partial charge in [-0.2, -0.15) is 0 Å². The number of fused-ring (bicyclic) bond motifs is 1. The number of aryl methyl sites for hydroxylation is 1. The summed E-state index contributed by atoms with van der Waals surface area (Å²) in [5.74, 6) is 0.822. The van der Waals surface area contributed by atoms with Crippen LogP contribution in [0.3, 0.4) is 0 Å². The number of rotatable bonds is 4. The first-order chi connectivity index (χ1) is 16.0. The molecular weight excluding hydrogens is 421 g/mol. The third-order valence-corrected chi connectivity index (χ3v) is 6.31. The van der Waals surface area contributed by atoms with Crippen molar-refractivity contribution in [3.63, 3.8) is 0 Å². The quantitative estimate of drug-likeness (QED) is 0.615. The highest BCUT2D eigenvalue weighted by molar-refractivity contribution is 6.00. The average molecular weight is 445 g/mol. The van der Waals surface area contributed by atoms with E-state index >= 15 is 0 Å². The van der Waals surface area contributed by atoms with Crippen molar-refractivity contribution in [3.8, 4) is 0 Å². The van der Waals surface area contributed by atoms with Gasteiger partial charge in [0.2, 0.25) is 5.91 Å². The van der Waals surface area contributed by atoms with Crippen LogP contribution in [0.5, 0.6) is 0 Å². The highest BCUT2D eigenvalue weighted by Gasteiger charge is 2.34. The van der Waals surface area contributed by atoms with Crippen LogP contribution in [0, 0.1) is 12.7 Å². The van der Waals surface area contributed by atoms with E-state index in [4.69, 9.17) is 9.97 Å². The van der Waals surface area contributed by atoms with Gasteiger partial charge in [-0.1, -0.05) is 18.2 Å². The Morgan fingerprint density at radius 1 is 1.15 bits per heavy atom. The second-order valence-corrected chi connectivity index (χ2v) is 8.56. The minimum atomic E-state index is -0.311. The smallest absolute Gasteiger partial charge is 0.272 e. The lowest BCUT2D eigenvalue weighted by Gasteiger charge is -2.32. The first-order valence-corrected chi connectivity index (χ1v) is 11.1. The van der Waals surface area contributed by atoms with Crippen LogP contribution in [0.15, 0.2) is 48.7 Å². The summed E-state index contributed by atoms with van der Waals surface area (Å²) in [6, 6.07) is 11.5. The van der Waals surface area contributed by atoms with Crippen molar-refractivity contribution < 1.29 is 14.0 Å². The number of amides is 2. The zero-order valence-electron chi connectivity index (χ0n) is 18.4. The van der Waals surface area contributed by atoms with Gasteiger partial charge in [-0.3, -0.25) is 19.5 Å². The summed E-state index contributed by atoms with van der Waals surface area (Å²) < 4.78 is 13.3. The van der Waals surface area contributed by atoms with Crippen molar-refractivity contribution in [1.82, 2.24) is 19.9 Å². The van der Waals surface area contributed by atoms with Crippen LogP contribution in [-0.4, -0.2) is 44.8 Å². The Morgan fingerprint density at radius 2 is 1.97 bits per heavy atom. The van der Waals surface area contributed by atoms with Gasteiger partial charge in [-0.25, -0.2) is 14.4 Å². The Kier molecular flexibility index (Phi) is 5.58. The fraction of sp³-hybridized carbons (Fsp3) is 0.320. The number of likely N-dealkylation sites (tertiary alicyclic amines) is 1. The molecule has 1 aromatic carbocycles. The number of halogens is 1. The summed E-state index contributed by atoms with van der Waals surface area (Å²) in [7, 11) is 0. The third kappa shape index (κ3) is 4.20. The molecule has 0 unspecified atom stereocenters. The van der Waals surface area contributed by atoms with Crippen LogP contribution in [0.25, 0.3) is 0 Å². The van der Waals surface area contributed by atoms with Gasteiger partial charge in [0.15, 0.2) is 0 Å². The standard InChI is InChI=1S/C25H24FN5O2/c1-16-20-13-22(32)31(14-17-7-9-19(26)10-8-17)24(20)29-23(28-16)18-5-4-12-30(15-18)25(33)21-6-2-3-11-27-21/h2-3,6-11,18H,4-5,12-15H2,1H3/t18-/m0/s1. The molecule has 1 fully saturated rings. The molecule has 3 aromatic rings. The summed E-state index contributed by atoms with van der Waals surface area (Å²) >= 11 is 0. The largest absolute Gasteiger partial charge is 0.337 e. The van der Waals surface area contributed by atoms with E-state index in [1.54, 1.807) is 41.4 Å². The minimum Gasteiger partial charge on any atom is -0.337 e. The molecule has 0 saturated carbocycles. The molecule has 2 amide bonds. The van der Waals surface area contributed by atoms with Crippen molar-refractivity contribution in [1.29, 1.82) is 0 Å². The van der Waals surface area contributed by atoms with Gasteiger partial charge in [0.25, 0.3) is 5.91 Å². The summed E-state index contributed by atoms with van der Waals surface area (Å²) in [5.41, 5.74) is 2.89. The van der Waals surface area contributed by atoms with E-state index in [9.17, 15) is 14.0 Å². The Balaban J connectivity index is 1.40. The minimum absolute atomic E-state index is 0.0150. The predicted octanol–water partition coefficient (Wildman–Crippen LogP) is 3.43. The molecule has 168 valence electrons. The van der Waals surface area contributed by atoms with Crippen molar-refractivity contribution >= 4 is 17.6 Å². The number of piperidine rings is 1. The van der Waals surface area contributed by atoms with Crippen LogP contribution in [0.1, 0.15) is 51.9 Å². The maximum absolute atomic E-state index is 13.3. The average Bonchev–Trinajstić information content (AvgIpc) is 3.16. The number of anilines is 1. The molecule has 0 spiro atoms. The molecule has 33 heavy (non-hydrogen) atoms. The maximum atomic E-state index is 13.3. The van der Waals surface area contributed by atoms with Crippen molar-refractivity contribution in [3.05, 3.63) is 82.8 Å². The monoisotopic (exact) mass is 445 g/mol. The number of carbonyl (C=O) groups is 2. The van der Waals surface area contributed by atoms with Crippen LogP contribution in [0.2, 0.25) is 0 Å². The van der Waals surface area contributed by atoms with Crippen LogP contribution in [-0.2, 0) is 17.8 Å². The van der Waals surface area contributed by atoms with Crippen molar-refractivity contribution in [2.45, 2.75) is 38.6 Å². The van der Waals surface area contributed by atoms with E-state index in [2.05, 4.69) is 4.98 Å². The Morgan fingerprint density at radius 3 is 2.73 bits per heavy atom. The number of pyridine rings is 1. The second kappa shape index (κ2) is 8.69. The number of hydrogen-bond acceptors (Lipinski definition) is 5. The molecule has 7 nitrogen and oxygen atoms in total. The van der Waals surface area contributed by atoms with E-state index in [-0.39, 0.29) is 30.0 Å². The number of carbonyl (C=O) groups excluding carboxylic acids is 2. The van der Waals surface area contributed by atoms with Crippen LogP contribution in [0.4, 0.5) is 10.2 Å². The molecule has 1 saturated heterocycles. The topological polar surface area (TPSA) is 79.3 Å². The first kappa shape index (κ1) is 21.2. The molecule has 0 bridgehead atoms. The summed E-state index contributed by atoms with van der Waals surface area (Å²) in [6.45, 7) is 3.42. The molecule has 0 aliphatic carbocycles. The maximum Gasteiger partial charge on any atom is 0.272 e. The lowest BCUT2D eigenvalue weighted by molar-refractivity contribution is -0.117. The molecular formula is C25H24FN5O2. The lowest BCUT2D eigenvalue weighted by Crippen LogP contribution is -2.40. The zero-order valence-corrected chi connectivity index (χ0v) is 18.4. The summed E-state index contributed by atoms with van der Waals surface area (Å²) in [5, 5.41) is 0. The third-order valence-electron chi connectivity index (χ3n) is 6.31. The fourth-order valence-corrected chi connectivity index (χ4v) is 4.54. The second-order valence-electron chi connectivity index (χ2n) is 8.56. The molecule has 5 rings (SSSR count). The Hall–Kier alpha value is -3.68. The van der Waals surface area contributed by atoms with E-state index in [0.29, 0.717) is 37.0 Å². The van der Waals surface area contributed by atoms with Gasteiger partial charge in [0.05, 0.1) is 13.0 Å². The highest BCUT2D eigenvalue weighted by atomic mass is 19.1. The number of nitrogens with zero attached hydrogens (tertiary/aromatic N) is 5. The number of benzene rings is 1. The van der Waals surface area contributed by atoms with E-state index < -0.39 is 0 Å². The molecule has 8 heteroatoms. The molecule has 2 aliphatic heterocycles. The fourth-order valence-electron chi connectivity index (χ4n) is 4.54. The highest BCUT2D eigenvalue weighted by Crippen LogP contribution is 2.33. The van der Waals surface area contributed by atoms with Crippen molar-refractivity contribution in [2.75, 3.05) is 18.0 Å². The van der Waals surface area contributed by atoms with Gasteiger partial charge in [-0.15, -0.1) is 0 Å². The Bertz CT molecular complexity index is 1200. The first-order valence-electron chi connectivity index (χ1n) is 11.1. The summed E-state index contributed by atoms with van der Waals surface area (Å²) in [6.07, 6.45) is 3.60. The van der Waals surface area contributed by atoms with Gasteiger partial charge < -0.3 is 4.90 Å². The predicted molar refractivity (Wildman–Crippen MR) is 120 cm³/mol. The lowest BCUT2D eigenvalue weighted by atomic mass is 9.96. The molecule has 0 N–H and O–H groups in total. The SMILES string of the molecule is Cc1nc([C@H]2CCCN(C(=O)c3ccccn3)C2)nc2c1CC(=O)N2Cc1ccc(F)cc1. The number of hydrogen-bond donors (Lipinski definition) is 0. The molecule has 2 aliphatic rings. The van der Waals surface area contributed by atoms with E-state index in [0.717, 1.165) is 29.7 Å². The van der Waals surface area contributed by atoms with Crippen molar-refractivity contribution in [2.24, 2.45) is 0 Å². The van der Waals surface area contributed by atoms with Crippen LogP contribution >= 0.6 is 0 Å². The molecule has 2 aromatic heterocycles. The molecule has 0 radical (unpaired) electrons. The van der Waals surface area contributed by atoms with Gasteiger partial charge in [-0.05, 0) is 49.6 Å². The van der Waals surface area contributed by atoms with E-state index in [1.807, 2.05) is 11.8 Å². The molecule has 1 atom stereocenters. The normalized spacial score (nSPS) is 17.9. The van der Waals surface area contributed by atoms with E-state index in [1.165, 1.54) is 12.1 Å². The summed E-state index contributed by atoms with van der Waals surface area (Å²) in [4.78, 5) is 42.9. The van der Waals surface area contributed by atoms with Gasteiger partial charge in [0.1, 0.15) is 23.2 Å². The number of aromatic nitrogens is 3. The van der Waals surface area contributed by atoms with Crippen LogP contribution < -0.4 is 4.90 Å².